The third-order valence-electron chi connectivity index (χ3n) is 4.34. The number of hydrogen-bond donors (Lipinski definition) is 1. The molecule has 0 spiro atoms. The Bertz CT molecular complexity index is 459. The van der Waals surface area contributed by atoms with Crippen molar-refractivity contribution >= 4 is 0 Å². The lowest BCUT2D eigenvalue weighted by Crippen LogP contribution is -3.10. The fourth-order valence-corrected chi connectivity index (χ4v) is 3.02. The Labute approximate surface area is 135 Å². The summed E-state index contributed by atoms with van der Waals surface area (Å²) in [4.78, 5) is 1.69. The van der Waals surface area contributed by atoms with Crippen molar-refractivity contribution < 1.29 is 14.4 Å². The number of nitrogens with one attached hydrogen (secondary N) is 1. The average Bonchev–Trinajstić information content (AvgIpc) is 2.94. The molecule has 1 aromatic rings. The Morgan fingerprint density at radius 3 is 2.45 bits per heavy atom. The first kappa shape index (κ1) is 17.3. The van der Waals surface area contributed by atoms with Crippen LogP contribution in [0, 0.1) is 6.92 Å². The van der Waals surface area contributed by atoms with Crippen LogP contribution >= 0.6 is 0 Å². The number of hydrogen-bond acceptors (Lipinski definition) is 2. The molecule has 0 radical (unpaired) electrons. The van der Waals surface area contributed by atoms with Crippen molar-refractivity contribution in [1.82, 2.24) is 0 Å². The van der Waals surface area contributed by atoms with E-state index in [0.717, 1.165) is 18.9 Å². The Kier molecular flexibility index (Phi) is 6.27. The highest BCUT2D eigenvalue weighted by molar-refractivity contribution is 5.41. The van der Waals surface area contributed by atoms with E-state index >= 15 is 0 Å². The molecule has 3 nitrogen and oxygen atoms in total. The maximum atomic E-state index is 5.98. The highest BCUT2D eigenvalue weighted by atomic mass is 16.5. The molecule has 2 rings (SSSR count). The molecule has 0 bridgehead atoms. The van der Waals surface area contributed by atoms with Crippen LogP contribution in [0.2, 0.25) is 0 Å². The molecular formula is C19H32NO2+. The van der Waals surface area contributed by atoms with Crippen LogP contribution in [0.3, 0.4) is 0 Å². The summed E-state index contributed by atoms with van der Waals surface area (Å²) in [6.07, 6.45) is 2.75. The van der Waals surface area contributed by atoms with Gasteiger partial charge in [-0.3, -0.25) is 0 Å². The van der Waals surface area contributed by atoms with Crippen LogP contribution < -0.4 is 9.64 Å². The van der Waals surface area contributed by atoms with E-state index in [-0.39, 0.29) is 5.41 Å². The molecule has 1 aliphatic rings. The van der Waals surface area contributed by atoms with Gasteiger partial charge in [-0.2, -0.15) is 0 Å². The molecule has 22 heavy (non-hydrogen) atoms. The molecule has 1 fully saturated rings. The minimum Gasteiger partial charge on any atom is -0.491 e. The van der Waals surface area contributed by atoms with Gasteiger partial charge in [-0.05, 0) is 29.5 Å². The predicted molar refractivity (Wildman–Crippen MR) is 91.0 cm³/mol. The Morgan fingerprint density at radius 2 is 1.77 bits per heavy atom. The largest absolute Gasteiger partial charge is 0.491 e. The highest BCUT2D eigenvalue weighted by Crippen LogP contribution is 2.31. The first-order valence-electron chi connectivity index (χ1n) is 8.62. The summed E-state index contributed by atoms with van der Waals surface area (Å²) in [5, 5.41) is 0. The number of likely N-dealkylation sites (tertiary alicyclic amines) is 1. The van der Waals surface area contributed by atoms with Crippen molar-refractivity contribution in [3.8, 4) is 5.75 Å². The molecule has 3 heteroatoms. The fourth-order valence-electron chi connectivity index (χ4n) is 3.02. The summed E-state index contributed by atoms with van der Waals surface area (Å²) in [7, 11) is 0. The van der Waals surface area contributed by atoms with Gasteiger partial charge in [0.2, 0.25) is 0 Å². The lowest BCUT2D eigenvalue weighted by atomic mass is 9.86. The van der Waals surface area contributed by atoms with Crippen LogP contribution in [0.25, 0.3) is 0 Å². The maximum Gasteiger partial charge on any atom is 0.123 e. The summed E-state index contributed by atoms with van der Waals surface area (Å²) in [6, 6.07) is 6.47. The van der Waals surface area contributed by atoms with Gasteiger partial charge in [0.05, 0.1) is 26.3 Å². The zero-order valence-corrected chi connectivity index (χ0v) is 14.7. The molecule has 1 aliphatic heterocycles. The summed E-state index contributed by atoms with van der Waals surface area (Å²) in [6.45, 7) is 14.7. The van der Waals surface area contributed by atoms with E-state index in [9.17, 15) is 0 Å². The maximum absolute atomic E-state index is 5.98. The average molecular weight is 306 g/mol. The number of quaternary nitrogens is 1. The standard InChI is InChI=1S/C19H31NO2/c1-16-7-8-17(19(2,3)4)18(15-16)22-14-13-21-12-11-20-9-5-6-10-20/h7-8,15H,5-6,9-14H2,1-4H3/p+1. The van der Waals surface area contributed by atoms with E-state index in [1.165, 1.54) is 37.1 Å². The molecule has 1 N–H and O–H groups in total. The van der Waals surface area contributed by atoms with Crippen molar-refractivity contribution in [2.24, 2.45) is 0 Å². The first-order chi connectivity index (χ1) is 10.5. The Balaban J connectivity index is 1.73. The van der Waals surface area contributed by atoms with Crippen LogP contribution in [0.15, 0.2) is 18.2 Å². The van der Waals surface area contributed by atoms with E-state index in [1.807, 2.05) is 0 Å². The molecule has 124 valence electrons. The molecular weight excluding hydrogens is 274 g/mol. The van der Waals surface area contributed by atoms with E-state index in [4.69, 9.17) is 9.47 Å². The number of aryl methyl sites for hydroxylation is 1. The SMILES string of the molecule is Cc1ccc(C(C)(C)C)c(OCCOCC[NH+]2CCCC2)c1. The van der Waals surface area contributed by atoms with E-state index < -0.39 is 0 Å². The van der Waals surface area contributed by atoms with Crippen LogP contribution in [-0.4, -0.2) is 39.5 Å². The smallest absolute Gasteiger partial charge is 0.123 e. The quantitative estimate of drug-likeness (QED) is 0.782. The number of rotatable bonds is 7. The van der Waals surface area contributed by atoms with E-state index in [2.05, 4.69) is 45.9 Å². The minimum atomic E-state index is 0.100. The molecule has 1 saturated heterocycles. The summed E-state index contributed by atoms with van der Waals surface area (Å²) >= 11 is 0. The monoisotopic (exact) mass is 306 g/mol. The van der Waals surface area contributed by atoms with Gasteiger partial charge >= 0.3 is 0 Å². The van der Waals surface area contributed by atoms with E-state index in [0.29, 0.717) is 13.2 Å². The predicted octanol–water partition coefficient (Wildman–Crippen LogP) is 2.37. The van der Waals surface area contributed by atoms with E-state index in [1.54, 1.807) is 4.90 Å². The van der Waals surface area contributed by atoms with Crippen molar-refractivity contribution in [2.45, 2.75) is 46.0 Å². The van der Waals surface area contributed by atoms with Gasteiger partial charge in [0, 0.05) is 12.8 Å². The van der Waals surface area contributed by atoms with Crippen LogP contribution in [0.4, 0.5) is 0 Å². The molecule has 1 aromatic carbocycles. The van der Waals surface area contributed by atoms with Gasteiger partial charge in [0.15, 0.2) is 0 Å². The normalized spacial score (nSPS) is 16.2. The third kappa shape index (κ3) is 5.29. The van der Waals surface area contributed by atoms with Crippen LogP contribution in [0.5, 0.6) is 5.75 Å². The zero-order chi connectivity index (χ0) is 16.0. The second kappa shape index (κ2) is 7.98. The minimum absolute atomic E-state index is 0.100. The van der Waals surface area contributed by atoms with Crippen molar-refractivity contribution in [2.75, 3.05) is 39.5 Å². The molecule has 0 aromatic heterocycles. The van der Waals surface area contributed by atoms with Gasteiger partial charge in [0.25, 0.3) is 0 Å². The fraction of sp³-hybridized carbons (Fsp3) is 0.684. The molecule has 0 aliphatic carbocycles. The number of benzene rings is 1. The topological polar surface area (TPSA) is 22.9 Å². The highest BCUT2D eigenvalue weighted by Gasteiger charge is 2.19. The summed E-state index contributed by atoms with van der Waals surface area (Å²) in [5.41, 5.74) is 2.60. The van der Waals surface area contributed by atoms with Crippen LogP contribution in [0.1, 0.15) is 44.7 Å². The summed E-state index contributed by atoms with van der Waals surface area (Å²) < 4.78 is 11.7. The van der Waals surface area contributed by atoms with Crippen molar-refractivity contribution in [3.63, 3.8) is 0 Å². The van der Waals surface area contributed by atoms with Gasteiger partial charge < -0.3 is 14.4 Å². The van der Waals surface area contributed by atoms with Gasteiger partial charge in [-0.1, -0.05) is 32.9 Å². The lowest BCUT2D eigenvalue weighted by molar-refractivity contribution is -0.887. The van der Waals surface area contributed by atoms with Gasteiger partial charge in [0.1, 0.15) is 18.9 Å². The zero-order valence-electron chi connectivity index (χ0n) is 14.7. The second-order valence-electron chi connectivity index (χ2n) is 7.42. The third-order valence-corrected chi connectivity index (χ3v) is 4.34. The molecule has 1 heterocycles. The second-order valence-corrected chi connectivity index (χ2v) is 7.42. The van der Waals surface area contributed by atoms with Crippen LogP contribution in [-0.2, 0) is 10.2 Å². The van der Waals surface area contributed by atoms with Gasteiger partial charge in [-0.25, -0.2) is 0 Å². The lowest BCUT2D eigenvalue weighted by Gasteiger charge is -2.23. The molecule has 0 amide bonds. The van der Waals surface area contributed by atoms with Crippen molar-refractivity contribution in [3.05, 3.63) is 29.3 Å². The Hall–Kier alpha value is -1.06. The molecule has 0 atom stereocenters. The summed E-state index contributed by atoms with van der Waals surface area (Å²) in [5.74, 6) is 1.00. The number of ether oxygens (including phenoxy) is 2. The molecule has 0 unspecified atom stereocenters. The van der Waals surface area contributed by atoms with Crippen molar-refractivity contribution in [1.29, 1.82) is 0 Å². The molecule has 0 saturated carbocycles. The Morgan fingerprint density at radius 1 is 1.05 bits per heavy atom. The van der Waals surface area contributed by atoms with Gasteiger partial charge in [-0.15, -0.1) is 0 Å². The first-order valence-corrected chi connectivity index (χ1v) is 8.62.